The number of thiocarbonyl (C=S) groups is 1. The highest BCUT2D eigenvalue weighted by Crippen LogP contribution is 2.15. The van der Waals surface area contributed by atoms with Crippen LogP contribution in [0.25, 0.3) is 0 Å². The van der Waals surface area contributed by atoms with E-state index in [1.54, 1.807) is 12.1 Å². The van der Waals surface area contributed by atoms with E-state index in [-0.39, 0.29) is 5.82 Å². The fourth-order valence-corrected chi connectivity index (χ4v) is 2.00. The molecule has 0 aliphatic rings. The molecule has 0 radical (unpaired) electrons. The molecule has 0 heterocycles. The predicted molar refractivity (Wildman–Crippen MR) is 78.1 cm³/mol. The molecule has 0 saturated heterocycles. The van der Waals surface area contributed by atoms with Crippen LogP contribution < -0.4 is 5.73 Å². The molecule has 0 fully saturated rings. The Labute approximate surface area is 114 Å². The van der Waals surface area contributed by atoms with E-state index < -0.39 is 0 Å². The topological polar surface area (TPSA) is 29.3 Å². The van der Waals surface area contributed by atoms with Crippen LogP contribution in [0.2, 0.25) is 0 Å². The molecule has 0 unspecified atom stereocenters. The van der Waals surface area contributed by atoms with Gasteiger partial charge < -0.3 is 5.73 Å². The van der Waals surface area contributed by atoms with Gasteiger partial charge in [0.15, 0.2) is 0 Å². The van der Waals surface area contributed by atoms with Crippen molar-refractivity contribution in [1.82, 2.24) is 4.90 Å². The second-order valence-corrected chi connectivity index (χ2v) is 5.17. The minimum Gasteiger partial charge on any atom is -0.389 e. The van der Waals surface area contributed by atoms with Crippen LogP contribution >= 0.6 is 12.2 Å². The van der Waals surface area contributed by atoms with Gasteiger partial charge in [0.25, 0.3) is 0 Å². The monoisotopic (exact) mass is 268 g/mol. The van der Waals surface area contributed by atoms with Crippen LogP contribution in [0.15, 0.2) is 18.2 Å². The van der Waals surface area contributed by atoms with E-state index in [0.717, 1.165) is 18.5 Å². The molecule has 0 aromatic heterocycles. The highest BCUT2D eigenvalue weighted by Gasteiger charge is 2.12. The van der Waals surface area contributed by atoms with Gasteiger partial charge in [-0.05, 0) is 45.0 Å². The Morgan fingerprint density at radius 1 is 1.44 bits per heavy atom. The Bertz CT molecular complexity index is 418. The fraction of sp³-hybridized carbons (Fsp3) is 0.500. The van der Waals surface area contributed by atoms with E-state index in [4.69, 9.17) is 18.0 Å². The molecule has 1 aromatic rings. The normalized spacial score (nSPS) is 11.2. The van der Waals surface area contributed by atoms with Crippen LogP contribution in [0, 0.1) is 5.82 Å². The molecule has 100 valence electrons. The molecule has 0 amide bonds. The second kappa shape index (κ2) is 6.81. The SMILES string of the molecule is CCCN(Cc1cc(C(N)=S)ccc1F)C(C)C. The standard InChI is InChI=1S/C14H21FN2S/c1-4-7-17(10(2)3)9-12-8-11(14(16)18)5-6-13(12)15/h5-6,8,10H,4,7,9H2,1-3H3,(H2,16,18). The van der Waals surface area contributed by atoms with Crippen LogP contribution in [0.5, 0.6) is 0 Å². The molecule has 2 N–H and O–H groups in total. The molecule has 0 atom stereocenters. The molecular formula is C14H21FN2S. The van der Waals surface area contributed by atoms with E-state index >= 15 is 0 Å². The summed E-state index contributed by atoms with van der Waals surface area (Å²) in [4.78, 5) is 2.55. The molecule has 0 aliphatic heterocycles. The lowest BCUT2D eigenvalue weighted by molar-refractivity contribution is 0.210. The maximum atomic E-state index is 13.8. The van der Waals surface area contributed by atoms with Gasteiger partial charge in [0.2, 0.25) is 0 Å². The first-order valence-corrected chi connectivity index (χ1v) is 6.68. The minimum atomic E-state index is -0.197. The van der Waals surface area contributed by atoms with E-state index in [0.29, 0.717) is 23.1 Å². The van der Waals surface area contributed by atoms with Gasteiger partial charge in [-0.3, -0.25) is 4.90 Å². The Hall–Kier alpha value is -1.00. The third-order valence-corrected chi connectivity index (χ3v) is 3.18. The first-order chi connectivity index (χ1) is 8.45. The zero-order valence-corrected chi connectivity index (χ0v) is 12.1. The molecule has 0 aliphatic carbocycles. The smallest absolute Gasteiger partial charge is 0.127 e. The van der Waals surface area contributed by atoms with Crippen molar-refractivity contribution in [2.45, 2.75) is 39.8 Å². The quantitative estimate of drug-likeness (QED) is 0.804. The summed E-state index contributed by atoms with van der Waals surface area (Å²) in [6.07, 6.45) is 1.05. The van der Waals surface area contributed by atoms with Gasteiger partial charge in [-0.25, -0.2) is 4.39 Å². The van der Waals surface area contributed by atoms with Crippen molar-refractivity contribution >= 4 is 17.2 Å². The number of nitrogens with zero attached hydrogens (tertiary/aromatic N) is 1. The highest BCUT2D eigenvalue weighted by atomic mass is 32.1. The number of nitrogens with two attached hydrogens (primary N) is 1. The molecule has 1 rings (SSSR count). The largest absolute Gasteiger partial charge is 0.389 e. The van der Waals surface area contributed by atoms with Crippen molar-refractivity contribution in [3.63, 3.8) is 0 Å². The van der Waals surface area contributed by atoms with Crippen molar-refractivity contribution in [3.05, 3.63) is 35.1 Å². The van der Waals surface area contributed by atoms with Crippen LogP contribution in [-0.2, 0) is 6.54 Å². The summed E-state index contributed by atoms with van der Waals surface area (Å²) in [6, 6.07) is 5.20. The number of halogens is 1. The first kappa shape index (κ1) is 15.1. The van der Waals surface area contributed by atoms with Gasteiger partial charge in [-0.2, -0.15) is 0 Å². The van der Waals surface area contributed by atoms with Gasteiger partial charge >= 0.3 is 0 Å². The van der Waals surface area contributed by atoms with Gasteiger partial charge in [0.05, 0.1) is 0 Å². The zero-order chi connectivity index (χ0) is 13.7. The number of rotatable bonds is 6. The minimum absolute atomic E-state index is 0.197. The lowest BCUT2D eigenvalue weighted by Crippen LogP contribution is -2.31. The second-order valence-electron chi connectivity index (χ2n) is 4.73. The van der Waals surface area contributed by atoms with E-state index in [1.807, 2.05) is 0 Å². The van der Waals surface area contributed by atoms with Crippen LogP contribution in [0.3, 0.4) is 0 Å². The summed E-state index contributed by atoms with van der Waals surface area (Å²) in [7, 11) is 0. The molecule has 2 nitrogen and oxygen atoms in total. The summed E-state index contributed by atoms with van der Waals surface area (Å²) in [6.45, 7) is 7.90. The number of hydrogen-bond donors (Lipinski definition) is 1. The van der Waals surface area contributed by atoms with Crippen LogP contribution in [-0.4, -0.2) is 22.5 Å². The maximum absolute atomic E-state index is 13.8. The average Bonchev–Trinajstić information content (AvgIpc) is 2.30. The Morgan fingerprint density at radius 2 is 2.11 bits per heavy atom. The lowest BCUT2D eigenvalue weighted by atomic mass is 10.1. The summed E-state index contributed by atoms with van der Waals surface area (Å²) < 4.78 is 13.8. The fourth-order valence-electron chi connectivity index (χ4n) is 1.88. The summed E-state index contributed by atoms with van der Waals surface area (Å²) in [5.41, 5.74) is 6.96. The molecule has 0 spiro atoms. The molecular weight excluding hydrogens is 247 g/mol. The Balaban J connectivity index is 2.93. The van der Waals surface area contributed by atoms with E-state index in [1.165, 1.54) is 6.07 Å². The van der Waals surface area contributed by atoms with E-state index in [2.05, 4.69) is 25.7 Å². The summed E-state index contributed by atoms with van der Waals surface area (Å²) in [5, 5.41) is 0. The lowest BCUT2D eigenvalue weighted by Gasteiger charge is -2.26. The van der Waals surface area contributed by atoms with Crippen molar-refractivity contribution in [1.29, 1.82) is 0 Å². The molecule has 18 heavy (non-hydrogen) atoms. The average molecular weight is 268 g/mol. The predicted octanol–water partition coefficient (Wildman–Crippen LogP) is 3.08. The Kier molecular flexibility index (Phi) is 5.69. The summed E-state index contributed by atoms with van der Waals surface area (Å²) in [5.74, 6) is -0.197. The molecule has 4 heteroatoms. The van der Waals surface area contributed by atoms with Gasteiger partial charge in [0, 0.05) is 23.7 Å². The van der Waals surface area contributed by atoms with Gasteiger partial charge in [0.1, 0.15) is 10.8 Å². The Morgan fingerprint density at radius 3 is 2.61 bits per heavy atom. The van der Waals surface area contributed by atoms with Crippen LogP contribution in [0.1, 0.15) is 38.3 Å². The third kappa shape index (κ3) is 4.03. The van der Waals surface area contributed by atoms with Gasteiger partial charge in [-0.1, -0.05) is 19.1 Å². The number of hydrogen-bond acceptors (Lipinski definition) is 2. The van der Waals surface area contributed by atoms with Crippen molar-refractivity contribution in [3.8, 4) is 0 Å². The molecule has 0 saturated carbocycles. The number of benzene rings is 1. The third-order valence-electron chi connectivity index (χ3n) is 2.94. The maximum Gasteiger partial charge on any atom is 0.127 e. The highest BCUT2D eigenvalue weighted by molar-refractivity contribution is 7.80. The van der Waals surface area contributed by atoms with Crippen molar-refractivity contribution < 1.29 is 4.39 Å². The molecule has 1 aromatic carbocycles. The first-order valence-electron chi connectivity index (χ1n) is 6.28. The van der Waals surface area contributed by atoms with Crippen molar-refractivity contribution in [2.75, 3.05) is 6.54 Å². The summed E-state index contributed by atoms with van der Waals surface area (Å²) >= 11 is 4.92. The van der Waals surface area contributed by atoms with Gasteiger partial charge in [-0.15, -0.1) is 0 Å². The van der Waals surface area contributed by atoms with Crippen LogP contribution in [0.4, 0.5) is 4.39 Å². The molecule has 0 bridgehead atoms. The van der Waals surface area contributed by atoms with Crippen molar-refractivity contribution in [2.24, 2.45) is 5.73 Å². The zero-order valence-electron chi connectivity index (χ0n) is 11.2. The van der Waals surface area contributed by atoms with E-state index in [9.17, 15) is 4.39 Å².